The summed E-state index contributed by atoms with van der Waals surface area (Å²) in [4.78, 5) is 37.1. The molecule has 2 aromatic carbocycles. The molecule has 0 unspecified atom stereocenters. The molecule has 0 aliphatic carbocycles. The second kappa shape index (κ2) is 9.71. The van der Waals surface area contributed by atoms with E-state index in [-0.39, 0.29) is 33.5 Å². The van der Waals surface area contributed by atoms with E-state index >= 15 is 0 Å². The molecule has 0 saturated heterocycles. The number of ether oxygens (including phenoxy) is 1. The van der Waals surface area contributed by atoms with E-state index in [0.29, 0.717) is 0 Å². The number of fused-ring (bicyclic) bond motifs is 1. The summed E-state index contributed by atoms with van der Waals surface area (Å²) in [6.07, 6.45) is 0.276. The Labute approximate surface area is 201 Å². The zero-order chi connectivity index (χ0) is 25.2. The van der Waals surface area contributed by atoms with Crippen molar-refractivity contribution in [3.63, 3.8) is 0 Å². The third kappa shape index (κ3) is 5.30. The lowest BCUT2D eigenvalue weighted by molar-refractivity contribution is -0.386. The summed E-state index contributed by atoms with van der Waals surface area (Å²) in [5, 5.41) is 15.3. The van der Waals surface area contributed by atoms with Crippen LogP contribution in [0.2, 0.25) is 0 Å². The number of anilines is 2. The Hall–Kier alpha value is -3.61. The Morgan fingerprint density at radius 1 is 1.21 bits per heavy atom. The molecule has 10 nitrogen and oxygen atoms in total. The minimum atomic E-state index is -0.913. The SMILES string of the molecule is CCOC(=O)N(Oc1cc2ncnc(Nc3c(F)cc(Br)cc3F)c2cc1[N+](=O)[O-])C(C)(C)C. The number of aromatic nitrogens is 2. The molecule has 0 atom stereocenters. The highest BCUT2D eigenvalue weighted by Gasteiger charge is 2.33. The van der Waals surface area contributed by atoms with Crippen LogP contribution in [0.25, 0.3) is 10.9 Å². The summed E-state index contributed by atoms with van der Waals surface area (Å²) >= 11 is 3.00. The number of carbonyl (C=O) groups excluding carboxylic acids is 1. The quantitative estimate of drug-likeness (QED) is 0.305. The number of carbonyl (C=O) groups is 1. The molecule has 34 heavy (non-hydrogen) atoms. The molecule has 1 amide bonds. The van der Waals surface area contributed by atoms with Crippen LogP contribution < -0.4 is 10.2 Å². The fourth-order valence-electron chi connectivity index (χ4n) is 2.90. The van der Waals surface area contributed by atoms with Crippen molar-refractivity contribution in [1.29, 1.82) is 0 Å². The predicted molar refractivity (Wildman–Crippen MR) is 123 cm³/mol. The molecule has 1 N–H and O–H groups in total. The Morgan fingerprint density at radius 3 is 2.41 bits per heavy atom. The zero-order valence-electron chi connectivity index (χ0n) is 18.6. The lowest BCUT2D eigenvalue weighted by atomic mass is 10.1. The summed E-state index contributed by atoms with van der Waals surface area (Å²) in [6, 6.07) is 4.43. The summed E-state index contributed by atoms with van der Waals surface area (Å²) in [5.74, 6) is -2.16. The monoisotopic (exact) mass is 539 g/mol. The van der Waals surface area contributed by atoms with Gasteiger partial charge in [0.15, 0.2) is 11.6 Å². The van der Waals surface area contributed by atoms with E-state index in [9.17, 15) is 23.7 Å². The van der Waals surface area contributed by atoms with Crippen molar-refractivity contribution < 1.29 is 28.1 Å². The number of nitrogens with one attached hydrogen (secondary N) is 1. The topological polar surface area (TPSA) is 120 Å². The highest BCUT2D eigenvalue weighted by molar-refractivity contribution is 9.10. The molecular weight excluding hydrogens is 520 g/mol. The van der Waals surface area contributed by atoms with Crippen LogP contribution in [0.5, 0.6) is 5.75 Å². The van der Waals surface area contributed by atoms with Crippen LogP contribution in [-0.4, -0.2) is 38.2 Å². The number of hydroxylamine groups is 2. The number of rotatable bonds is 6. The molecule has 13 heteroatoms. The van der Waals surface area contributed by atoms with Gasteiger partial charge in [0.2, 0.25) is 5.75 Å². The van der Waals surface area contributed by atoms with Crippen LogP contribution in [-0.2, 0) is 4.74 Å². The van der Waals surface area contributed by atoms with Crippen LogP contribution in [0.15, 0.2) is 35.1 Å². The van der Waals surface area contributed by atoms with E-state index in [2.05, 4.69) is 31.2 Å². The van der Waals surface area contributed by atoms with Gasteiger partial charge >= 0.3 is 11.8 Å². The summed E-state index contributed by atoms with van der Waals surface area (Å²) in [5.41, 5.74) is -1.77. The van der Waals surface area contributed by atoms with E-state index in [0.717, 1.165) is 29.6 Å². The van der Waals surface area contributed by atoms with E-state index in [4.69, 9.17) is 9.57 Å². The van der Waals surface area contributed by atoms with Gasteiger partial charge in [0.1, 0.15) is 17.8 Å². The molecule has 3 rings (SSSR count). The first-order valence-corrected chi connectivity index (χ1v) is 10.7. The van der Waals surface area contributed by atoms with Gasteiger partial charge in [-0.2, -0.15) is 0 Å². The Bertz CT molecular complexity index is 1250. The van der Waals surface area contributed by atoms with Crippen LogP contribution in [0, 0.1) is 21.7 Å². The predicted octanol–water partition coefficient (Wildman–Crippen LogP) is 5.87. The third-order valence-corrected chi connectivity index (χ3v) is 4.85. The normalized spacial score (nSPS) is 11.3. The Morgan fingerprint density at radius 2 is 1.85 bits per heavy atom. The minimum Gasteiger partial charge on any atom is -0.448 e. The van der Waals surface area contributed by atoms with Crippen LogP contribution in [0.3, 0.4) is 0 Å². The molecule has 0 spiro atoms. The van der Waals surface area contributed by atoms with Crippen molar-refractivity contribution in [2.24, 2.45) is 0 Å². The Balaban J connectivity index is 2.11. The number of amides is 1. The minimum absolute atomic E-state index is 0.0695. The standard InChI is InChI=1S/C21H20BrF2N5O5/c1-5-33-20(30)28(21(2,3)4)34-17-9-15-12(8-16(17)29(31)32)19(26-10-25-15)27-18-13(23)6-11(22)7-14(18)24/h6-10H,5H2,1-4H3,(H,25,26,27). The van der Waals surface area contributed by atoms with Crippen molar-refractivity contribution in [2.75, 3.05) is 11.9 Å². The van der Waals surface area contributed by atoms with Crippen LogP contribution >= 0.6 is 15.9 Å². The van der Waals surface area contributed by atoms with E-state index in [1.807, 2.05) is 0 Å². The number of halogens is 3. The number of nitro benzene ring substituents is 1. The van der Waals surface area contributed by atoms with Gasteiger partial charge < -0.3 is 14.9 Å². The fourth-order valence-corrected chi connectivity index (χ4v) is 3.30. The van der Waals surface area contributed by atoms with Gasteiger partial charge in [-0.1, -0.05) is 15.9 Å². The molecule has 0 bridgehead atoms. The Kier molecular flexibility index (Phi) is 7.15. The molecule has 1 aromatic heterocycles. The zero-order valence-corrected chi connectivity index (χ0v) is 20.1. The summed E-state index contributed by atoms with van der Waals surface area (Å²) in [7, 11) is 0. The number of benzene rings is 2. The lowest BCUT2D eigenvalue weighted by Crippen LogP contribution is -2.48. The number of hydrogen-bond donors (Lipinski definition) is 1. The average Bonchev–Trinajstić information content (AvgIpc) is 2.73. The molecule has 180 valence electrons. The maximum absolute atomic E-state index is 14.3. The van der Waals surface area contributed by atoms with Gasteiger partial charge in [-0.15, -0.1) is 5.06 Å². The largest absolute Gasteiger partial charge is 0.448 e. The molecule has 0 saturated carbocycles. The number of hydrogen-bond acceptors (Lipinski definition) is 8. The fraction of sp³-hybridized carbons (Fsp3) is 0.286. The van der Waals surface area contributed by atoms with Crippen molar-refractivity contribution >= 4 is 50.1 Å². The smallest absolute Gasteiger partial charge is 0.443 e. The first-order chi connectivity index (χ1) is 15.9. The van der Waals surface area contributed by atoms with E-state index in [1.165, 1.54) is 6.07 Å². The highest BCUT2D eigenvalue weighted by atomic mass is 79.9. The molecule has 0 radical (unpaired) electrons. The lowest BCUT2D eigenvalue weighted by Gasteiger charge is -2.32. The van der Waals surface area contributed by atoms with Gasteiger partial charge in [0.25, 0.3) is 0 Å². The second-order valence-electron chi connectivity index (χ2n) is 7.94. The third-order valence-electron chi connectivity index (χ3n) is 4.40. The maximum atomic E-state index is 14.3. The molecule has 1 heterocycles. The van der Waals surface area contributed by atoms with Crippen molar-refractivity contribution in [3.05, 3.63) is 56.8 Å². The first-order valence-electron chi connectivity index (χ1n) is 9.92. The summed E-state index contributed by atoms with van der Waals surface area (Å²) in [6.45, 7) is 6.65. The van der Waals surface area contributed by atoms with Gasteiger partial charge in [-0.3, -0.25) is 10.1 Å². The van der Waals surface area contributed by atoms with E-state index in [1.54, 1.807) is 27.7 Å². The molecular formula is C21H20BrF2N5O5. The van der Waals surface area contributed by atoms with Gasteiger partial charge in [0.05, 0.1) is 28.0 Å². The molecule has 0 fully saturated rings. The van der Waals surface area contributed by atoms with Crippen LogP contribution in [0.1, 0.15) is 27.7 Å². The van der Waals surface area contributed by atoms with Crippen molar-refractivity contribution in [3.8, 4) is 5.75 Å². The van der Waals surface area contributed by atoms with E-state index < -0.39 is 39.6 Å². The molecule has 3 aromatic rings. The second-order valence-corrected chi connectivity index (χ2v) is 8.86. The maximum Gasteiger partial charge on any atom is 0.443 e. The van der Waals surface area contributed by atoms with Crippen LogP contribution in [0.4, 0.5) is 30.8 Å². The number of nitrogens with zero attached hydrogens (tertiary/aromatic N) is 4. The number of nitro groups is 1. The van der Waals surface area contributed by atoms with Crippen molar-refractivity contribution in [2.45, 2.75) is 33.2 Å². The average molecular weight is 540 g/mol. The molecule has 0 aliphatic heterocycles. The summed E-state index contributed by atoms with van der Waals surface area (Å²) < 4.78 is 33.8. The van der Waals surface area contributed by atoms with Crippen molar-refractivity contribution in [1.82, 2.24) is 15.0 Å². The van der Waals surface area contributed by atoms with Gasteiger partial charge in [-0.05, 0) is 39.8 Å². The highest BCUT2D eigenvalue weighted by Crippen LogP contribution is 2.37. The van der Waals surface area contributed by atoms with Gasteiger partial charge in [-0.25, -0.2) is 23.5 Å². The first kappa shape index (κ1) is 25.0. The molecule has 0 aliphatic rings. The van der Waals surface area contributed by atoms with Gasteiger partial charge in [0, 0.05) is 16.6 Å².